The highest BCUT2D eigenvalue weighted by molar-refractivity contribution is 6.30. The van der Waals surface area contributed by atoms with Crippen LogP contribution in [0, 0.1) is 0 Å². The summed E-state index contributed by atoms with van der Waals surface area (Å²) in [6.07, 6.45) is 10.5. The Morgan fingerprint density at radius 1 is 1.06 bits per heavy atom. The van der Waals surface area contributed by atoms with E-state index in [0.29, 0.717) is 10.6 Å². The molecule has 0 unspecified atom stereocenters. The number of amides is 1. The molecular weight excluding hydrogens is 470 g/mol. The lowest BCUT2D eigenvalue weighted by atomic mass is 10.1. The van der Waals surface area contributed by atoms with Gasteiger partial charge in [0.15, 0.2) is 0 Å². The maximum atomic E-state index is 13.0. The van der Waals surface area contributed by atoms with Crippen molar-refractivity contribution in [1.82, 2.24) is 9.80 Å². The number of hydrogen-bond donors (Lipinski definition) is 1. The van der Waals surface area contributed by atoms with E-state index >= 15 is 0 Å². The number of carbonyl (C=O) groups is 1. The molecule has 1 fully saturated rings. The Bertz CT molecular complexity index is 1160. The van der Waals surface area contributed by atoms with Gasteiger partial charge in [-0.15, -0.1) is 0 Å². The normalized spacial score (nSPS) is 16.4. The Morgan fingerprint density at radius 2 is 1.83 bits per heavy atom. The zero-order chi connectivity index (χ0) is 25.5. The Morgan fingerprint density at radius 3 is 2.58 bits per heavy atom. The Labute approximate surface area is 220 Å². The van der Waals surface area contributed by atoms with Gasteiger partial charge in [0.2, 0.25) is 0 Å². The van der Waals surface area contributed by atoms with Crippen LogP contribution in [0.15, 0.2) is 78.2 Å². The number of carbonyl (C=O) groups excluding carboxylic acids is 1. The lowest BCUT2D eigenvalue weighted by molar-refractivity contribution is 0.102. The molecule has 1 aliphatic carbocycles. The number of halogens is 1. The van der Waals surface area contributed by atoms with Gasteiger partial charge >= 0.3 is 0 Å². The Kier molecular flexibility index (Phi) is 8.89. The van der Waals surface area contributed by atoms with E-state index in [1.807, 2.05) is 36.4 Å². The van der Waals surface area contributed by atoms with Crippen LogP contribution in [-0.4, -0.2) is 48.0 Å². The van der Waals surface area contributed by atoms with E-state index in [1.54, 1.807) is 0 Å². The van der Waals surface area contributed by atoms with E-state index in [2.05, 4.69) is 66.3 Å². The van der Waals surface area contributed by atoms with Crippen LogP contribution in [0.25, 0.3) is 0 Å². The smallest absolute Gasteiger partial charge is 0.255 e. The molecule has 6 heteroatoms. The molecule has 5 nitrogen and oxygen atoms in total. The van der Waals surface area contributed by atoms with E-state index in [0.717, 1.165) is 68.1 Å². The van der Waals surface area contributed by atoms with Crippen LogP contribution in [0.5, 0.6) is 0 Å². The van der Waals surface area contributed by atoms with Crippen molar-refractivity contribution >= 4 is 23.2 Å². The minimum Gasteiger partial charge on any atom is -0.489 e. The molecule has 0 atom stereocenters. The monoisotopic (exact) mass is 505 g/mol. The minimum absolute atomic E-state index is 0.100. The van der Waals surface area contributed by atoms with Crippen molar-refractivity contribution in [1.29, 1.82) is 0 Å². The van der Waals surface area contributed by atoms with Gasteiger partial charge in [0.1, 0.15) is 5.76 Å². The van der Waals surface area contributed by atoms with Gasteiger partial charge in [-0.2, -0.15) is 0 Å². The number of anilines is 1. The third-order valence-electron chi connectivity index (χ3n) is 6.44. The van der Waals surface area contributed by atoms with Gasteiger partial charge in [-0.1, -0.05) is 42.8 Å². The fraction of sp³-hybridized carbons (Fsp3) is 0.367. The van der Waals surface area contributed by atoms with Gasteiger partial charge in [-0.25, -0.2) is 0 Å². The number of hydrogen-bond acceptors (Lipinski definition) is 4. The average Bonchev–Trinajstić information content (AvgIpc) is 3.10. The molecule has 0 radical (unpaired) electrons. The van der Waals surface area contributed by atoms with Crippen LogP contribution in [0.1, 0.15) is 48.7 Å². The number of aryl methyl sites for hydroxylation is 1. The summed E-state index contributed by atoms with van der Waals surface area (Å²) in [7, 11) is 0. The fourth-order valence-electron chi connectivity index (χ4n) is 4.60. The number of ether oxygens (including phenoxy) is 1. The van der Waals surface area contributed by atoms with Crippen LogP contribution in [0.4, 0.5) is 5.69 Å². The lowest BCUT2D eigenvalue weighted by Crippen LogP contribution is -2.45. The van der Waals surface area contributed by atoms with E-state index in [4.69, 9.17) is 16.3 Å². The first-order valence-corrected chi connectivity index (χ1v) is 13.2. The summed E-state index contributed by atoms with van der Waals surface area (Å²) in [4.78, 5) is 17.8. The van der Waals surface area contributed by atoms with Crippen LogP contribution in [0.3, 0.4) is 0 Å². The number of piperazine rings is 1. The summed E-state index contributed by atoms with van der Waals surface area (Å²) >= 11 is 6.11. The lowest BCUT2D eigenvalue weighted by Gasteiger charge is -2.37. The van der Waals surface area contributed by atoms with Crippen molar-refractivity contribution in [2.45, 2.75) is 46.3 Å². The largest absolute Gasteiger partial charge is 0.489 e. The van der Waals surface area contributed by atoms with Gasteiger partial charge in [0, 0.05) is 49.0 Å². The molecule has 0 saturated carbocycles. The molecule has 2 aromatic carbocycles. The molecule has 1 amide bonds. The average molecular weight is 506 g/mol. The van der Waals surface area contributed by atoms with Crippen molar-refractivity contribution in [3.05, 3.63) is 99.9 Å². The molecule has 190 valence electrons. The van der Waals surface area contributed by atoms with Crippen LogP contribution >= 0.6 is 11.6 Å². The fourth-order valence-corrected chi connectivity index (χ4v) is 4.80. The highest BCUT2D eigenvalue weighted by atomic mass is 35.5. The summed E-state index contributed by atoms with van der Waals surface area (Å²) in [5.41, 5.74) is 4.82. The third kappa shape index (κ3) is 6.80. The number of nitrogens with one attached hydrogen (secondary N) is 1. The number of allylic oxidation sites excluding steroid dienone is 4. The van der Waals surface area contributed by atoms with E-state index < -0.39 is 0 Å². The SMILES string of the molecule is CCc1cc(Cl)ccc1NC(=O)c1cccc(CN2CCN(C3=C(OC(C)C)C=CCC=C3)CC2)c1. The van der Waals surface area contributed by atoms with Gasteiger partial charge < -0.3 is 15.0 Å². The summed E-state index contributed by atoms with van der Waals surface area (Å²) in [6, 6.07) is 13.5. The van der Waals surface area contributed by atoms with E-state index in [-0.39, 0.29) is 12.0 Å². The third-order valence-corrected chi connectivity index (χ3v) is 6.67. The second-order valence-electron chi connectivity index (χ2n) is 9.53. The van der Waals surface area contributed by atoms with Gasteiger partial charge in [0.25, 0.3) is 5.91 Å². The molecule has 0 spiro atoms. The molecular formula is C30H36ClN3O2. The van der Waals surface area contributed by atoms with Crippen LogP contribution < -0.4 is 5.32 Å². The first-order chi connectivity index (χ1) is 17.4. The predicted molar refractivity (Wildman–Crippen MR) is 148 cm³/mol. The van der Waals surface area contributed by atoms with Crippen molar-refractivity contribution in [3.63, 3.8) is 0 Å². The number of nitrogens with zero attached hydrogens (tertiary/aromatic N) is 2. The zero-order valence-electron chi connectivity index (χ0n) is 21.5. The molecule has 2 aromatic rings. The standard InChI is InChI=1S/C30H36ClN3O2/c1-4-24-20-26(31)13-14-27(24)32-30(35)25-10-8-9-23(19-25)21-33-15-17-34(18-16-33)28-11-6-5-7-12-29(28)36-22(2)3/h6-14,19-20,22H,4-5,15-18,21H2,1-3H3,(H,32,35). The molecule has 36 heavy (non-hydrogen) atoms. The zero-order valence-corrected chi connectivity index (χ0v) is 22.2. The van der Waals surface area contributed by atoms with Gasteiger partial charge in [-0.3, -0.25) is 9.69 Å². The number of benzene rings is 2. The Balaban J connectivity index is 1.38. The molecule has 1 saturated heterocycles. The number of rotatable bonds is 8. The maximum Gasteiger partial charge on any atom is 0.255 e. The molecule has 0 aromatic heterocycles. The summed E-state index contributed by atoms with van der Waals surface area (Å²) < 4.78 is 6.10. The first kappa shape index (κ1) is 26.1. The van der Waals surface area contributed by atoms with Gasteiger partial charge in [-0.05, 0) is 80.3 Å². The molecule has 1 N–H and O–H groups in total. The Hall–Kier alpha value is -3.02. The van der Waals surface area contributed by atoms with E-state index in [9.17, 15) is 4.79 Å². The molecule has 2 aliphatic rings. The highest BCUT2D eigenvalue weighted by Gasteiger charge is 2.21. The molecule has 0 bridgehead atoms. The maximum absolute atomic E-state index is 13.0. The second kappa shape index (κ2) is 12.3. The second-order valence-corrected chi connectivity index (χ2v) is 9.97. The highest BCUT2D eigenvalue weighted by Crippen LogP contribution is 2.24. The molecule has 1 heterocycles. The topological polar surface area (TPSA) is 44.8 Å². The van der Waals surface area contributed by atoms with Gasteiger partial charge in [0.05, 0.1) is 11.8 Å². The summed E-state index contributed by atoms with van der Waals surface area (Å²) in [5.74, 6) is 0.856. The van der Waals surface area contributed by atoms with Crippen molar-refractivity contribution in [2.75, 3.05) is 31.5 Å². The van der Waals surface area contributed by atoms with Crippen molar-refractivity contribution < 1.29 is 9.53 Å². The van der Waals surface area contributed by atoms with Crippen molar-refractivity contribution in [2.24, 2.45) is 0 Å². The molecule has 4 rings (SSSR count). The van der Waals surface area contributed by atoms with Crippen LogP contribution in [-0.2, 0) is 17.7 Å². The summed E-state index contributed by atoms with van der Waals surface area (Å²) in [6.45, 7) is 10.8. The minimum atomic E-state index is -0.100. The predicted octanol–water partition coefficient (Wildman–Crippen LogP) is 6.43. The van der Waals surface area contributed by atoms with E-state index in [1.165, 1.54) is 5.70 Å². The van der Waals surface area contributed by atoms with Crippen molar-refractivity contribution in [3.8, 4) is 0 Å². The first-order valence-electron chi connectivity index (χ1n) is 12.8. The summed E-state index contributed by atoms with van der Waals surface area (Å²) in [5, 5.41) is 3.73. The van der Waals surface area contributed by atoms with Crippen LogP contribution in [0.2, 0.25) is 5.02 Å². The quantitative estimate of drug-likeness (QED) is 0.449. The molecule has 1 aliphatic heterocycles.